The topological polar surface area (TPSA) is 31.2 Å². The Labute approximate surface area is 105 Å². The van der Waals surface area contributed by atoms with Gasteiger partial charge in [-0.05, 0) is 24.6 Å². The molecule has 0 N–H and O–H groups in total. The van der Waals surface area contributed by atoms with E-state index in [-0.39, 0.29) is 5.82 Å². The molecule has 0 saturated heterocycles. The molecular formula is C14H14FNO2. The standard InChI is InChI=1S/C14H14FNO2/c1-3-16-8-12(13(9-16)14(17)18-2)10-5-4-6-11(15)7-10/h4-9H,3H2,1-2H3. The maximum atomic E-state index is 13.2. The number of hydrogen-bond acceptors (Lipinski definition) is 2. The van der Waals surface area contributed by atoms with Crippen LogP contribution >= 0.6 is 0 Å². The lowest BCUT2D eigenvalue weighted by atomic mass is 10.0. The summed E-state index contributed by atoms with van der Waals surface area (Å²) in [6.45, 7) is 2.70. The Hall–Kier alpha value is -2.10. The number of carbonyl (C=O) groups is 1. The quantitative estimate of drug-likeness (QED) is 0.780. The number of esters is 1. The van der Waals surface area contributed by atoms with E-state index in [1.54, 1.807) is 18.3 Å². The first-order valence-corrected chi connectivity index (χ1v) is 5.69. The molecule has 0 bridgehead atoms. The lowest BCUT2D eigenvalue weighted by Gasteiger charge is -2.02. The van der Waals surface area contributed by atoms with Crippen molar-refractivity contribution in [3.8, 4) is 11.1 Å². The summed E-state index contributed by atoms with van der Waals surface area (Å²) >= 11 is 0. The van der Waals surface area contributed by atoms with Crippen LogP contribution in [0, 0.1) is 5.82 Å². The largest absolute Gasteiger partial charge is 0.465 e. The zero-order valence-corrected chi connectivity index (χ0v) is 10.3. The first-order chi connectivity index (χ1) is 8.65. The molecule has 0 spiro atoms. The molecule has 0 unspecified atom stereocenters. The highest BCUT2D eigenvalue weighted by atomic mass is 19.1. The van der Waals surface area contributed by atoms with Gasteiger partial charge in [0.2, 0.25) is 0 Å². The molecule has 18 heavy (non-hydrogen) atoms. The lowest BCUT2D eigenvalue weighted by molar-refractivity contribution is 0.0601. The first kappa shape index (κ1) is 12.4. The Morgan fingerprint density at radius 1 is 1.39 bits per heavy atom. The van der Waals surface area contributed by atoms with E-state index in [2.05, 4.69) is 0 Å². The van der Waals surface area contributed by atoms with Gasteiger partial charge in [-0.1, -0.05) is 12.1 Å². The van der Waals surface area contributed by atoms with Crippen LogP contribution in [-0.4, -0.2) is 17.6 Å². The third-order valence-electron chi connectivity index (χ3n) is 2.79. The van der Waals surface area contributed by atoms with Crippen molar-refractivity contribution in [3.63, 3.8) is 0 Å². The van der Waals surface area contributed by atoms with Gasteiger partial charge in [-0.2, -0.15) is 0 Å². The van der Waals surface area contributed by atoms with Crippen LogP contribution in [0.1, 0.15) is 17.3 Å². The summed E-state index contributed by atoms with van der Waals surface area (Å²) in [5.74, 6) is -0.742. The lowest BCUT2D eigenvalue weighted by Crippen LogP contribution is -2.01. The monoisotopic (exact) mass is 247 g/mol. The van der Waals surface area contributed by atoms with Crippen molar-refractivity contribution in [1.82, 2.24) is 4.57 Å². The molecule has 0 amide bonds. The fourth-order valence-electron chi connectivity index (χ4n) is 1.85. The van der Waals surface area contributed by atoms with Gasteiger partial charge in [0.05, 0.1) is 12.7 Å². The maximum absolute atomic E-state index is 13.2. The zero-order valence-electron chi connectivity index (χ0n) is 10.3. The van der Waals surface area contributed by atoms with E-state index in [1.165, 1.54) is 19.2 Å². The van der Waals surface area contributed by atoms with Crippen molar-refractivity contribution in [2.45, 2.75) is 13.5 Å². The summed E-state index contributed by atoms with van der Waals surface area (Å²) in [5, 5.41) is 0. The second kappa shape index (κ2) is 5.04. The van der Waals surface area contributed by atoms with E-state index in [0.29, 0.717) is 16.7 Å². The molecule has 1 aromatic carbocycles. The number of aromatic nitrogens is 1. The Morgan fingerprint density at radius 3 is 2.78 bits per heavy atom. The molecule has 0 radical (unpaired) electrons. The van der Waals surface area contributed by atoms with Crippen LogP contribution in [0.5, 0.6) is 0 Å². The molecule has 0 aliphatic rings. The molecule has 94 valence electrons. The molecule has 0 aliphatic heterocycles. The second-order valence-electron chi connectivity index (χ2n) is 3.92. The Kier molecular flexibility index (Phi) is 3.46. The van der Waals surface area contributed by atoms with Gasteiger partial charge < -0.3 is 9.30 Å². The molecule has 0 aliphatic carbocycles. The minimum Gasteiger partial charge on any atom is -0.465 e. The van der Waals surface area contributed by atoms with Gasteiger partial charge in [-0.25, -0.2) is 9.18 Å². The summed E-state index contributed by atoms with van der Waals surface area (Å²) in [6, 6.07) is 6.17. The van der Waals surface area contributed by atoms with Crippen molar-refractivity contribution in [2.75, 3.05) is 7.11 Å². The number of aryl methyl sites for hydroxylation is 1. The number of ether oxygens (including phenoxy) is 1. The fraction of sp³-hybridized carbons (Fsp3) is 0.214. The molecule has 1 heterocycles. The average molecular weight is 247 g/mol. The van der Waals surface area contributed by atoms with Crippen molar-refractivity contribution < 1.29 is 13.9 Å². The summed E-state index contributed by atoms with van der Waals surface area (Å²) in [6.07, 6.45) is 3.53. The maximum Gasteiger partial charge on any atom is 0.340 e. The molecule has 0 atom stereocenters. The van der Waals surface area contributed by atoms with Gasteiger partial charge in [0.15, 0.2) is 0 Å². The van der Waals surface area contributed by atoms with Gasteiger partial charge in [0.1, 0.15) is 5.82 Å². The normalized spacial score (nSPS) is 10.4. The molecular weight excluding hydrogens is 233 g/mol. The van der Waals surface area contributed by atoms with E-state index in [9.17, 15) is 9.18 Å². The third-order valence-corrected chi connectivity index (χ3v) is 2.79. The molecule has 2 rings (SSSR count). The number of methoxy groups -OCH3 is 1. The van der Waals surface area contributed by atoms with Crippen LogP contribution in [-0.2, 0) is 11.3 Å². The molecule has 0 fully saturated rings. The zero-order chi connectivity index (χ0) is 13.1. The minimum atomic E-state index is -0.415. The SMILES string of the molecule is CCn1cc(C(=O)OC)c(-c2cccc(F)c2)c1. The van der Waals surface area contributed by atoms with Crippen molar-refractivity contribution in [1.29, 1.82) is 0 Å². The van der Waals surface area contributed by atoms with Crippen LogP contribution < -0.4 is 0 Å². The van der Waals surface area contributed by atoms with Crippen molar-refractivity contribution in [2.24, 2.45) is 0 Å². The third kappa shape index (κ3) is 2.27. The molecule has 1 aromatic heterocycles. The highest BCUT2D eigenvalue weighted by Gasteiger charge is 2.16. The fourth-order valence-corrected chi connectivity index (χ4v) is 1.85. The van der Waals surface area contributed by atoms with E-state index in [4.69, 9.17) is 4.74 Å². The average Bonchev–Trinajstić information content (AvgIpc) is 2.82. The van der Waals surface area contributed by atoms with E-state index >= 15 is 0 Å². The first-order valence-electron chi connectivity index (χ1n) is 5.69. The van der Waals surface area contributed by atoms with E-state index in [1.807, 2.05) is 17.7 Å². The number of rotatable bonds is 3. The molecule has 4 heteroatoms. The summed E-state index contributed by atoms with van der Waals surface area (Å²) in [4.78, 5) is 11.7. The van der Waals surface area contributed by atoms with Crippen molar-refractivity contribution >= 4 is 5.97 Å². The molecule has 2 aromatic rings. The van der Waals surface area contributed by atoms with E-state index in [0.717, 1.165) is 6.54 Å². The Morgan fingerprint density at radius 2 is 2.17 bits per heavy atom. The highest BCUT2D eigenvalue weighted by molar-refractivity contribution is 5.97. The van der Waals surface area contributed by atoms with Gasteiger partial charge in [-0.15, -0.1) is 0 Å². The Bertz CT molecular complexity index is 575. The predicted molar refractivity (Wildman–Crippen MR) is 66.8 cm³/mol. The highest BCUT2D eigenvalue weighted by Crippen LogP contribution is 2.26. The number of benzene rings is 1. The van der Waals surface area contributed by atoms with Crippen LogP contribution in [0.15, 0.2) is 36.7 Å². The molecule has 0 saturated carbocycles. The summed E-state index contributed by atoms with van der Waals surface area (Å²) < 4.78 is 19.8. The van der Waals surface area contributed by atoms with E-state index < -0.39 is 5.97 Å². The number of nitrogens with zero attached hydrogens (tertiary/aromatic N) is 1. The number of carbonyl (C=O) groups excluding carboxylic acids is 1. The van der Waals surface area contributed by atoms with Crippen molar-refractivity contribution in [3.05, 3.63) is 48.0 Å². The second-order valence-corrected chi connectivity index (χ2v) is 3.92. The van der Waals surface area contributed by atoms with Crippen LogP contribution in [0.25, 0.3) is 11.1 Å². The van der Waals surface area contributed by atoms with Gasteiger partial charge in [0, 0.05) is 24.5 Å². The summed E-state index contributed by atoms with van der Waals surface area (Å²) in [7, 11) is 1.33. The van der Waals surface area contributed by atoms with Gasteiger partial charge in [-0.3, -0.25) is 0 Å². The van der Waals surface area contributed by atoms with Crippen LogP contribution in [0.2, 0.25) is 0 Å². The van der Waals surface area contributed by atoms with Gasteiger partial charge >= 0.3 is 5.97 Å². The number of halogens is 1. The number of hydrogen-bond donors (Lipinski definition) is 0. The minimum absolute atomic E-state index is 0.326. The predicted octanol–water partition coefficient (Wildman–Crippen LogP) is 3.10. The van der Waals surface area contributed by atoms with Gasteiger partial charge in [0.25, 0.3) is 0 Å². The molecule has 3 nitrogen and oxygen atoms in total. The van der Waals surface area contributed by atoms with Crippen LogP contribution in [0.4, 0.5) is 4.39 Å². The van der Waals surface area contributed by atoms with Crippen LogP contribution in [0.3, 0.4) is 0 Å². The smallest absolute Gasteiger partial charge is 0.340 e. The summed E-state index contributed by atoms with van der Waals surface area (Å²) in [5.41, 5.74) is 1.80. The Balaban J connectivity index is 2.55.